The summed E-state index contributed by atoms with van der Waals surface area (Å²) in [5.41, 5.74) is 7.11. The lowest BCUT2D eigenvalue weighted by Crippen LogP contribution is -1.88. The zero-order valence-electron chi connectivity index (χ0n) is 7.36. The zero-order valence-corrected chi connectivity index (χ0v) is 8.93. The minimum absolute atomic E-state index is 0.243. The molecule has 0 aromatic carbocycles. The van der Waals surface area contributed by atoms with Gasteiger partial charge in [-0.05, 0) is 24.6 Å². The van der Waals surface area contributed by atoms with E-state index in [1.165, 1.54) is 11.3 Å². The van der Waals surface area contributed by atoms with Crippen LogP contribution in [-0.2, 0) is 0 Å². The van der Waals surface area contributed by atoms with Gasteiger partial charge < -0.3 is 5.73 Å². The molecule has 0 amide bonds. The maximum atomic E-state index is 5.74. The van der Waals surface area contributed by atoms with E-state index in [2.05, 4.69) is 15.0 Å². The molecule has 0 fully saturated rings. The summed E-state index contributed by atoms with van der Waals surface area (Å²) in [6.07, 6.45) is 1.68. The summed E-state index contributed by atoms with van der Waals surface area (Å²) in [6, 6.07) is 1.85. The van der Waals surface area contributed by atoms with Gasteiger partial charge in [-0.3, -0.25) is 0 Å². The summed E-state index contributed by atoms with van der Waals surface area (Å²) >= 11 is 7.11. The number of aryl methyl sites for hydroxylation is 1. The van der Waals surface area contributed by atoms with E-state index >= 15 is 0 Å². The fourth-order valence-electron chi connectivity index (χ4n) is 1.06. The summed E-state index contributed by atoms with van der Waals surface area (Å²) in [7, 11) is 0. The first-order valence-electron chi connectivity index (χ1n) is 3.88. The minimum atomic E-state index is 0.243. The third-order valence-corrected chi connectivity index (χ3v) is 2.62. The molecule has 2 heterocycles. The summed E-state index contributed by atoms with van der Waals surface area (Å²) in [6.45, 7) is 1.86. The molecule has 0 saturated heterocycles. The normalized spacial score (nSPS) is 10.4. The van der Waals surface area contributed by atoms with Crippen LogP contribution in [0, 0.1) is 6.92 Å². The summed E-state index contributed by atoms with van der Waals surface area (Å²) in [5.74, 6) is 0. The Hall–Kier alpha value is -1.20. The molecule has 2 aromatic rings. The van der Waals surface area contributed by atoms with Crippen molar-refractivity contribution in [2.75, 3.05) is 5.73 Å². The van der Waals surface area contributed by atoms with Crippen LogP contribution in [0.15, 0.2) is 12.3 Å². The molecule has 0 atom stereocenters. The smallest absolute Gasteiger partial charge is 0.223 e. The van der Waals surface area contributed by atoms with E-state index in [0.717, 1.165) is 16.3 Å². The standard InChI is InChI=1S/C8H7ClN4S/c1-4-2-5(13-7(9)12-4)6-3-11-8(10)14-6/h2-3H,1H3,(H2,10,11). The highest BCUT2D eigenvalue weighted by Gasteiger charge is 2.06. The second-order valence-corrected chi connectivity index (χ2v) is 4.13. The Balaban J connectivity index is 2.51. The predicted molar refractivity (Wildman–Crippen MR) is 57.3 cm³/mol. The number of hydrogen-bond donors (Lipinski definition) is 1. The molecular weight excluding hydrogens is 220 g/mol. The molecule has 0 spiro atoms. The van der Waals surface area contributed by atoms with Gasteiger partial charge in [-0.1, -0.05) is 11.3 Å². The van der Waals surface area contributed by atoms with Crippen molar-refractivity contribution in [3.63, 3.8) is 0 Å². The maximum absolute atomic E-state index is 5.74. The maximum Gasteiger partial charge on any atom is 0.223 e. The van der Waals surface area contributed by atoms with E-state index in [0.29, 0.717) is 5.13 Å². The molecule has 2 aromatic heterocycles. The van der Waals surface area contributed by atoms with Gasteiger partial charge in [0.2, 0.25) is 5.28 Å². The minimum Gasteiger partial charge on any atom is -0.375 e. The Morgan fingerprint density at radius 1 is 1.43 bits per heavy atom. The van der Waals surface area contributed by atoms with Crippen molar-refractivity contribution in [2.24, 2.45) is 0 Å². The topological polar surface area (TPSA) is 64.7 Å². The number of nitrogens with zero attached hydrogens (tertiary/aromatic N) is 3. The van der Waals surface area contributed by atoms with E-state index in [-0.39, 0.29) is 5.28 Å². The SMILES string of the molecule is Cc1cc(-c2cnc(N)s2)nc(Cl)n1. The van der Waals surface area contributed by atoms with Crippen LogP contribution in [-0.4, -0.2) is 15.0 Å². The molecule has 72 valence electrons. The van der Waals surface area contributed by atoms with Gasteiger partial charge in [-0.2, -0.15) is 0 Å². The largest absolute Gasteiger partial charge is 0.375 e. The van der Waals surface area contributed by atoms with Crippen LogP contribution in [0.3, 0.4) is 0 Å². The Kier molecular flexibility index (Phi) is 2.35. The first kappa shape index (κ1) is 9.36. The van der Waals surface area contributed by atoms with Gasteiger partial charge in [-0.15, -0.1) is 0 Å². The van der Waals surface area contributed by atoms with Crippen LogP contribution in [0.5, 0.6) is 0 Å². The summed E-state index contributed by atoms with van der Waals surface area (Å²) in [5, 5.41) is 0.763. The number of halogens is 1. The van der Waals surface area contributed by atoms with E-state index in [1.54, 1.807) is 6.20 Å². The highest BCUT2D eigenvalue weighted by Crippen LogP contribution is 2.26. The van der Waals surface area contributed by atoms with Crippen LogP contribution in [0.1, 0.15) is 5.69 Å². The van der Waals surface area contributed by atoms with Crippen LogP contribution in [0.4, 0.5) is 5.13 Å². The monoisotopic (exact) mass is 226 g/mol. The molecule has 0 bridgehead atoms. The average molecular weight is 227 g/mol. The molecular formula is C8H7ClN4S. The summed E-state index contributed by atoms with van der Waals surface area (Å²) < 4.78 is 0. The number of nitrogen functional groups attached to an aromatic ring is 1. The molecule has 14 heavy (non-hydrogen) atoms. The van der Waals surface area contributed by atoms with Crippen molar-refractivity contribution in [1.29, 1.82) is 0 Å². The predicted octanol–water partition coefficient (Wildman–Crippen LogP) is 2.14. The second kappa shape index (κ2) is 3.51. The number of thiazole rings is 1. The van der Waals surface area contributed by atoms with Gasteiger partial charge >= 0.3 is 0 Å². The van der Waals surface area contributed by atoms with Crippen LogP contribution < -0.4 is 5.73 Å². The molecule has 0 aliphatic carbocycles. The van der Waals surface area contributed by atoms with Gasteiger partial charge in [0.25, 0.3) is 0 Å². The number of anilines is 1. The van der Waals surface area contributed by atoms with Gasteiger partial charge in [0, 0.05) is 11.9 Å². The fraction of sp³-hybridized carbons (Fsp3) is 0.125. The van der Waals surface area contributed by atoms with Crippen LogP contribution in [0.2, 0.25) is 5.28 Å². The van der Waals surface area contributed by atoms with Crippen molar-refractivity contribution in [3.8, 4) is 10.6 Å². The van der Waals surface area contributed by atoms with Crippen LogP contribution in [0.25, 0.3) is 10.6 Å². The third-order valence-electron chi connectivity index (χ3n) is 1.60. The number of nitrogens with two attached hydrogens (primary N) is 1. The van der Waals surface area contributed by atoms with Gasteiger partial charge in [0.05, 0.1) is 10.6 Å². The van der Waals surface area contributed by atoms with Crippen molar-refractivity contribution in [1.82, 2.24) is 15.0 Å². The van der Waals surface area contributed by atoms with Crippen molar-refractivity contribution >= 4 is 28.1 Å². The number of hydrogen-bond acceptors (Lipinski definition) is 5. The first-order chi connectivity index (χ1) is 6.65. The van der Waals surface area contributed by atoms with Crippen molar-refractivity contribution in [2.45, 2.75) is 6.92 Å². The third kappa shape index (κ3) is 1.83. The number of rotatable bonds is 1. The quantitative estimate of drug-likeness (QED) is 0.757. The molecule has 0 aliphatic heterocycles. The first-order valence-corrected chi connectivity index (χ1v) is 5.07. The van der Waals surface area contributed by atoms with E-state index in [1.807, 2.05) is 13.0 Å². The Morgan fingerprint density at radius 2 is 2.21 bits per heavy atom. The number of aromatic nitrogens is 3. The second-order valence-electron chi connectivity index (χ2n) is 2.73. The average Bonchev–Trinajstić information content (AvgIpc) is 2.50. The van der Waals surface area contributed by atoms with Gasteiger partial charge in [-0.25, -0.2) is 15.0 Å². The molecule has 0 aliphatic rings. The molecule has 2 rings (SSSR count). The van der Waals surface area contributed by atoms with E-state index in [9.17, 15) is 0 Å². The molecule has 0 saturated carbocycles. The molecule has 6 heteroatoms. The van der Waals surface area contributed by atoms with Crippen LogP contribution >= 0.6 is 22.9 Å². The van der Waals surface area contributed by atoms with Crippen molar-refractivity contribution < 1.29 is 0 Å². The van der Waals surface area contributed by atoms with Gasteiger partial charge in [0.15, 0.2) is 5.13 Å². The summed E-state index contributed by atoms with van der Waals surface area (Å²) in [4.78, 5) is 12.9. The highest BCUT2D eigenvalue weighted by molar-refractivity contribution is 7.18. The van der Waals surface area contributed by atoms with E-state index < -0.39 is 0 Å². The lowest BCUT2D eigenvalue weighted by atomic mass is 10.3. The Bertz CT molecular complexity index is 448. The zero-order chi connectivity index (χ0) is 10.1. The van der Waals surface area contributed by atoms with E-state index in [4.69, 9.17) is 17.3 Å². The molecule has 0 radical (unpaired) electrons. The van der Waals surface area contributed by atoms with Crippen molar-refractivity contribution in [3.05, 3.63) is 23.2 Å². The van der Waals surface area contributed by atoms with Gasteiger partial charge in [0.1, 0.15) is 0 Å². The fourth-order valence-corrected chi connectivity index (χ4v) is 1.93. The lowest BCUT2D eigenvalue weighted by molar-refractivity contribution is 1.11. The molecule has 0 unspecified atom stereocenters. The highest BCUT2D eigenvalue weighted by atomic mass is 35.5. The molecule has 4 nitrogen and oxygen atoms in total. The Labute approximate surface area is 89.8 Å². The molecule has 2 N–H and O–H groups in total. The lowest BCUT2D eigenvalue weighted by Gasteiger charge is -1.97. The Morgan fingerprint density at radius 3 is 2.79 bits per heavy atom.